The molecule has 0 aliphatic rings. The molecule has 0 bridgehead atoms. The van der Waals surface area contributed by atoms with E-state index in [0.29, 0.717) is 10.0 Å². The van der Waals surface area contributed by atoms with E-state index in [9.17, 15) is 0 Å². The van der Waals surface area contributed by atoms with Crippen molar-refractivity contribution in [2.45, 2.75) is 9.79 Å². The fraction of sp³-hybridized carbons (Fsp3) is 0. The van der Waals surface area contributed by atoms with Gasteiger partial charge in [-0.1, -0.05) is 41.4 Å². The highest BCUT2D eigenvalue weighted by Gasteiger charge is 2.08. The molecule has 0 radical (unpaired) electrons. The summed E-state index contributed by atoms with van der Waals surface area (Å²) < 4.78 is 0. The summed E-state index contributed by atoms with van der Waals surface area (Å²) >= 11 is 12.9. The Hall–Kier alpha value is -0.630. The van der Waals surface area contributed by atoms with Crippen LogP contribution in [0.15, 0.2) is 58.3 Å². The quantitative estimate of drug-likeness (QED) is 0.557. The fourth-order valence-electron chi connectivity index (χ4n) is 1.21. The number of hydrogen-bond acceptors (Lipinski definition) is 0. The minimum atomic E-state index is 0.601. The topological polar surface area (TPSA) is 0 Å². The third-order valence-electron chi connectivity index (χ3n) is 1.92. The van der Waals surface area contributed by atoms with Gasteiger partial charge < -0.3 is 0 Å². The first-order valence-corrected chi connectivity index (χ1v) is 6.12. The molecule has 0 nitrogen and oxygen atoms in total. The number of rotatable bonds is 2. The van der Waals surface area contributed by atoms with Crippen LogP contribution in [0.4, 0.5) is 0 Å². The first kappa shape index (κ1) is 10.9. The molecule has 0 spiro atoms. The zero-order chi connectivity index (χ0) is 10.7. The maximum atomic E-state index is 5.94. The molecule has 15 heavy (non-hydrogen) atoms. The van der Waals surface area contributed by atoms with E-state index < -0.39 is 0 Å². The Balaban J connectivity index is 2.22. The van der Waals surface area contributed by atoms with Crippen molar-refractivity contribution in [3.05, 3.63) is 58.6 Å². The van der Waals surface area contributed by atoms with Crippen LogP contribution in [0.25, 0.3) is 0 Å². The van der Waals surface area contributed by atoms with Gasteiger partial charge in [-0.3, -0.25) is 0 Å². The van der Waals surface area contributed by atoms with Gasteiger partial charge in [-0.15, -0.1) is 0 Å². The Bertz CT molecular complexity index is 454. The van der Waals surface area contributed by atoms with E-state index in [4.69, 9.17) is 23.2 Å². The molecule has 2 rings (SSSR count). The van der Waals surface area contributed by atoms with E-state index in [1.165, 1.54) is 4.90 Å². The maximum Gasteiger partial charge on any atom is 0.159 e. The van der Waals surface area contributed by atoms with Gasteiger partial charge in [0.1, 0.15) is 0 Å². The largest absolute Gasteiger partial charge is 0.159 e. The molecule has 76 valence electrons. The Morgan fingerprint density at radius 3 is 2.13 bits per heavy atom. The van der Waals surface area contributed by atoms with Crippen molar-refractivity contribution in [2.24, 2.45) is 0 Å². The minimum Gasteiger partial charge on any atom is -0.0827 e. The zero-order valence-corrected chi connectivity index (χ0v) is 10.2. The van der Waals surface area contributed by atoms with Crippen LogP contribution in [0.3, 0.4) is 0 Å². The monoisotopic (exact) mass is 255 g/mol. The van der Waals surface area contributed by atoms with Gasteiger partial charge in [0.05, 0.1) is 10.0 Å². The molecule has 3 heteroatoms. The fourth-order valence-corrected chi connectivity index (χ4v) is 2.54. The zero-order valence-electron chi connectivity index (χ0n) is 7.82. The second kappa shape index (κ2) is 4.93. The van der Waals surface area contributed by atoms with Crippen molar-refractivity contribution in [2.75, 3.05) is 0 Å². The molecular weight excluding hydrogens is 247 g/mol. The van der Waals surface area contributed by atoms with Gasteiger partial charge in [0.15, 0.2) is 9.79 Å². The molecular formula is C12H9Cl2S+. The Morgan fingerprint density at radius 2 is 1.47 bits per heavy atom. The predicted octanol–water partition coefficient (Wildman–Crippen LogP) is 4.23. The van der Waals surface area contributed by atoms with Gasteiger partial charge in [0, 0.05) is 17.8 Å². The van der Waals surface area contributed by atoms with Crippen molar-refractivity contribution in [1.82, 2.24) is 0 Å². The molecule has 0 amide bonds. The van der Waals surface area contributed by atoms with Crippen LogP contribution in [0.1, 0.15) is 0 Å². The van der Waals surface area contributed by atoms with Gasteiger partial charge in [0.2, 0.25) is 0 Å². The highest BCUT2D eigenvalue weighted by Crippen LogP contribution is 2.24. The normalized spacial score (nSPS) is 10.3. The highest BCUT2D eigenvalue weighted by atomic mass is 35.5. The van der Waals surface area contributed by atoms with E-state index in [-0.39, 0.29) is 0 Å². The van der Waals surface area contributed by atoms with Crippen molar-refractivity contribution in [3.8, 4) is 0 Å². The summed E-state index contributed by atoms with van der Waals surface area (Å²) in [4.78, 5) is 2.39. The van der Waals surface area contributed by atoms with Crippen molar-refractivity contribution >= 4 is 35.0 Å². The lowest BCUT2D eigenvalue weighted by Gasteiger charge is -1.95. The highest BCUT2D eigenvalue weighted by molar-refractivity contribution is 7.78. The summed E-state index contributed by atoms with van der Waals surface area (Å²) in [6.07, 6.45) is 0. The molecule has 0 fully saturated rings. The summed E-state index contributed by atoms with van der Waals surface area (Å²) in [7, 11) is 0. The number of benzene rings is 2. The van der Waals surface area contributed by atoms with Crippen LogP contribution in [0, 0.1) is 0 Å². The van der Waals surface area contributed by atoms with Gasteiger partial charge >= 0.3 is 0 Å². The molecule has 0 heterocycles. The minimum absolute atomic E-state index is 0.601. The summed E-state index contributed by atoms with van der Waals surface area (Å²) in [5.41, 5.74) is 0. The van der Waals surface area contributed by atoms with E-state index >= 15 is 0 Å². The van der Waals surface area contributed by atoms with Gasteiger partial charge in [-0.25, -0.2) is 0 Å². The SMILES string of the molecule is Clc1ccc([SH+]c2ccccc2)cc1Cl. The van der Waals surface area contributed by atoms with Gasteiger partial charge in [0.25, 0.3) is 0 Å². The molecule has 0 unspecified atom stereocenters. The second-order valence-electron chi connectivity index (χ2n) is 3.05. The Kier molecular flexibility index (Phi) is 3.57. The molecule has 0 saturated heterocycles. The molecule has 2 aromatic rings. The molecule has 0 N–H and O–H groups in total. The van der Waals surface area contributed by atoms with E-state index in [1.54, 1.807) is 0 Å². The van der Waals surface area contributed by atoms with Gasteiger partial charge in [-0.2, -0.15) is 0 Å². The van der Waals surface area contributed by atoms with E-state index in [1.807, 2.05) is 36.4 Å². The summed E-state index contributed by atoms with van der Waals surface area (Å²) in [5, 5.41) is 1.21. The third kappa shape index (κ3) is 2.91. The molecule has 0 atom stereocenters. The molecule has 2 aromatic carbocycles. The second-order valence-corrected chi connectivity index (χ2v) is 5.12. The molecule has 0 aliphatic carbocycles. The van der Waals surface area contributed by atoms with Crippen molar-refractivity contribution < 1.29 is 0 Å². The average Bonchev–Trinajstić information content (AvgIpc) is 2.25. The third-order valence-corrected chi connectivity index (χ3v) is 3.75. The first-order chi connectivity index (χ1) is 7.25. The van der Waals surface area contributed by atoms with E-state index in [2.05, 4.69) is 12.1 Å². The van der Waals surface area contributed by atoms with Crippen molar-refractivity contribution in [3.63, 3.8) is 0 Å². The predicted molar refractivity (Wildman–Crippen MR) is 68.2 cm³/mol. The average molecular weight is 256 g/mol. The lowest BCUT2D eigenvalue weighted by atomic mass is 10.4. The maximum absolute atomic E-state index is 5.94. The van der Waals surface area contributed by atoms with Crippen molar-refractivity contribution in [1.29, 1.82) is 0 Å². The number of thiol groups is 1. The van der Waals surface area contributed by atoms with E-state index in [0.717, 1.165) is 16.7 Å². The first-order valence-electron chi connectivity index (χ1n) is 4.47. The van der Waals surface area contributed by atoms with Crippen LogP contribution >= 0.6 is 23.2 Å². The van der Waals surface area contributed by atoms with Crippen LogP contribution in [-0.2, 0) is 11.8 Å². The molecule has 0 aliphatic heterocycles. The molecule has 0 aromatic heterocycles. The standard InChI is InChI=1S/C12H8Cl2S/c13-11-7-6-10(8-12(11)14)15-9-4-2-1-3-5-9/h1-8H/p+1. The van der Waals surface area contributed by atoms with Gasteiger partial charge in [-0.05, 0) is 24.3 Å². The Morgan fingerprint density at radius 1 is 0.733 bits per heavy atom. The number of hydrogen-bond donors (Lipinski definition) is 0. The smallest absolute Gasteiger partial charge is 0.0827 e. The number of halogens is 2. The summed E-state index contributed by atoms with van der Waals surface area (Å²) in [6, 6.07) is 16.0. The summed E-state index contributed by atoms with van der Waals surface area (Å²) in [6.45, 7) is 0. The lowest BCUT2D eigenvalue weighted by molar-refractivity contribution is 1.40. The van der Waals surface area contributed by atoms with Crippen LogP contribution in [0.2, 0.25) is 10.0 Å². The lowest BCUT2D eigenvalue weighted by Crippen LogP contribution is -1.84. The van der Waals surface area contributed by atoms with Crippen LogP contribution < -0.4 is 0 Å². The summed E-state index contributed by atoms with van der Waals surface area (Å²) in [5.74, 6) is 0. The van der Waals surface area contributed by atoms with Crippen LogP contribution in [0.5, 0.6) is 0 Å². The Labute approximate surface area is 103 Å². The molecule has 0 saturated carbocycles. The van der Waals surface area contributed by atoms with Crippen LogP contribution in [-0.4, -0.2) is 0 Å².